The average molecular weight is 628 g/mol. The van der Waals surface area contributed by atoms with Gasteiger partial charge >= 0.3 is 11.9 Å². The first kappa shape index (κ1) is 29.1. The highest BCUT2D eigenvalue weighted by Crippen LogP contribution is 2.41. The van der Waals surface area contributed by atoms with Crippen LogP contribution in [0.25, 0.3) is 0 Å². The number of hydrogen-bond donors (Lipinski definition) is 3. The second-order valence-corrected chi connectivity index (χ2v) is 11.3. The summed E-state index contributed by atoms with van der Waals surface area (Å²) in [5.74, 6) is -3.42. The highest BCUT2D eigenvalue weighted by Gasteiger charge is 2.54. The Morgan fingerprint density at radius 3 is 2.36 bits per heavy atom. The van der Waals surface area contributed by atoms with Crippen LogP contribution in [0.5, 0.6) is 0 Å². The SMILES string of the molecule is Nc1nc(C(=NOCC(=O)OC(c2ccccc2)c2ccccc2)C(=O)NC2C(=O)N3C(C(=O)O)=C(Cl)CS[C@H]23)cs1. The number of fused-ring (bicyclic) bond motifs is 1. The van der Waals surface area contributed by atoms with Crippen molar-refractivity contribution in [2.75, 3.05) is 18.1 Å². The van der Waals surface area contributed by atoms with E-state index >= 15 is 0 Å². The smallest absolute Gasteiger partial charge is 0.353 e. The van der Waals surface area contributed by atoms with E-state index in [-0.39, 0.29) is 33.0 Å². The summed E-state index contributed by atoms with van der Waals surface area (Å²) in [5.41, 5.74) is 6.64. The summed E-state index contributed by atoms with van der Waals surface area (Å²) in [6, 6.07) is 17.3. The number of β-lactam (4-membered cyclic amide) rings is 1. The van der Waals surface area contributed by atoms with Crippen LogP contribution in [0.4, 0.5) is 5.13 Å². The van der Waals surface area contributed by atoms with Crippen LogP contribution in [0.3, 0.4) is 0 Å². The Morgan fingerprint density at radius 1 is 1.14 bits per heavy atom. The maximum Gasteiger partial charge on any atom is 0.353 e. The molecule has 0 aliphatic carbocycles. The number of oxime groups is 1. The van der Waals surface area contributed by atoms with E-state index in [9.17, 15) is 24.3 Å². The molecule has 3 heterocycles. The van der Waals surface area contributed by atoms with E-state index < -0.39 is 47.9 Å². The van der Waals surface area contributed by atoms with Crippen molar-refractivity contribution in [2.45, 2.75) is 17.5 Å². The average Bonchev–Trinajstić information content (AvgIpc) is 3.42. The van der Waals surface area contributed by atoms with Gasteiger partial charge in [0.15, 0.2) is 16.9 Å². The Morgan fingerprint density at radius 2 is 1.79 bits per heavy atom. The number of thiazole rings is 1. The molecule has 3 aromatic rings. The molecule has 5 rings (SSSR count). The first-order valence-electron chi connectivity index (χ1n) is 12.3. The van der Waals surface area contributed by atoms with Gasteiger partial charge in [0.2, 0.25) is 6.61 Å². The van der Waals surface area contributed by atoms with Crippen molar-refractivity contribution in [3.8, 4) is 0 Å². The van der Waals surface area contributed by atoms with Gasteiger partial charge in [0.25, 0.3) is 11.8 Å². The van der Waals surface area contributed by atoms with Crippen molar-refractivity contribution in [3.05, 3.63) is 93.6 Å². The van der Waals surface area contributed by atoms with Gasteiger partial charge < -0.3 is 25.7 Å². The van der Waals surface area contributed by atoms with Crippen LogP contribution in [-0.2, 0) is 28.8 Å². The molecular weight excluding hydrogens is 606 g/mol. The van der Waals surface area contributed by atoms with E-state index in [1.807, 2.05) is 60.7 Å². The number of thioether (sulfide) groups is 1. The second kappa shape index (κ2) is 12.6. The van der Waals surface area contributed by atoms with Gasteiger partial charge in [-0.3, -0.25) is 14.5 Å². The normalized spacial score (nSPS) is 18.3. The van der Waals surface area contributed by atoms with Crippen LogP contribution in [0.1, 0.15) is 22.9 Å². The van der Waals surface area contributed by atoms with Gasteiger partial charge in [-0.25, -0.2) is 14.6 Å². The van der Waals surface area contributed by atoms with Crippen molar-refractivity contribution in [3.63, 3.8) is 0 Å². The Kier molecular flexibility index (Phi) is 8.75. The zero-order valence-electron chi connectivity index (χ0n) is 21.5. The molecule has 0 saturated carbocycles. The predicted octanol–water partition coefficient (Wildman–Crippen LogP) is 2.71. The van der Waals surface area contributed by atoms with Crippen molar-refractivity contribution in [1.29, 1.82) is 0 Å². The summed E-state index contributed by atoms with van der Waals surface area (Å²) in [7, 11) is 0. The first-order valence-corrected chi connectivity index (χ1v) is 14.6. The molecule has 2 aliphatic heterocycles. The van der Waals surface area contributed by atoms with Crippen molar-refractivity contribution < 1.29 is 33.9 Å². The molecule has 42 heavy (non-hydrogen) atoms. The molecule has 0 spiro atoms. The molecule has 1 fully saturated rings. The number of carboxylic acids is 1. The molecule has 0 radical (unpaired) electrons. The minimum atomic E-state index is -1.34. The molecule has 1 saturated heterocycles. The van der Waals surface area contributed by atoms with Crippen LogP contribution < -0.4 is 11.1 Å². The van der Waals surface area contributed by atoms with Gasteiger partial charge in [0.05, 0.1) is 5.03 Å². The summed E-state index contributed by atoms with van der Waals surface area (Å²) >= 11 is 8.26. The molecule has 2 amide bonds. The standard InChI is InChI=1S/C27H22ClN5O7S2/c28-16-12-41-25-20(24(36)33(25)21(16)26(37)38)31-23(35)19(17-13-42-27(29)30-17)32-39-11-18(34)40-22(14-7-3-1-4-8-14)15-9-5-2-6-10-15/h1-10,13,20,22,25H,11-12H2,(H2,29,30)(H,31,35)(H,37,38)/t20?,25-/m1/s1. The van der Waals surface area contributed by atoms with Gasteiger partial charge in [-0.05, 0) is 11.1 Å². The van der Waals surface area contributed by atoms with Crippen molar-refractivity contribution in [2.24, 2.45) is 5.16 Å². The topological polar surface area (TPSA) is 174 Å². The fourth-order valence-electron chi connectivity index (χ4n) is 4.29. The first-order chi connectivity index (χ1) is 20.2. The number of nitrogens with zero attached hydrogens (tertiary/aromatic N) is 3. The number of esters is 1. The molecule has 216 valence electrons. The van der Waals surface area contributed by atoms with Gasteiger partial charge in [-0.15, -0.1) is 23.1 Å². The van der Waals surface area contributed by atoms with Crippen molar-refractivity contribution >= 4 is 69.3 Å². The molecule has 1 aromatic heterocycles. The molecule has 2 atom stereocenters. The zero-order chi connectivity index (χ0) is 29.8. The fraction of sp³-hybridized carbons (Fsp3) is 0.185. The number of nitrogen functional groups attached to an aromatic ring is 1. The van der Waals surface area contributed by atoms with Gasteiger partial charge in [-0.1, -0.05) is 77.4 Å². The Hall–Kier alpha value is -4.40. The maximum atomic E-state index is 13.2. The van der Waals surface area contributed by atoms with E-state index in [4.69, 9.17) is 26.9 Å². The minimum absolute atomic E-state index is 0.0316. The van der Waals surface area contributed by atoms with Gasteiger partial charge in [0, 0.05) is 11.1 Å². The van der Waals surface area contributed by atoms with Crippen LogP contribution in [-0.4, -0.2) is 68.2 Å². The molecule has 2 aromatic carbocycles. The highest BCUT2D eigenvalue weighted by atomic mass is 35.5. The molecule has 0 bridgehead atoms. The number of carboxylic acid groups (broad SMARTS) is 1. The summed E-state index contributed by atoms with van der Waals surface area (Å²) in [5, 5.41) is 16.8. The van der Waals surface area contributed by atoms with Crippen LogP contribution in [0.15, 0.2) is 81.9 Å². The number of ether oxygens (including phenoxy) is 1. The third kappa shape index (κ3) is 6.10. The van der Waals surface area contributed by atoms with Crippen LogP contribution in [0, 0.1) is 0 Å². The zero-order valence-corrected chi connectivity index (χ0v) is 23.9. The maximum absolute atomic E-state index is 13.2. The van der Waals surface area contributed by atoms with E-state index in [0.29, 0.717) is 0 Å². The lowest BCUT2D eigenvalue weighted by Gasteiger charge is -2.48. The number of carbonyl (C=O) groups is 4. The highest BCUT2D eigenvalue weighted by molar-refractivity contribution is 8.00. The number of aliphatic carboxylic acids is 1. The Balaban J connectivity index is 1.28. The summed E-state index contributed by atoms with van der Waals surface area (Å²) in [6.45, 7) is -0.632. The molecule has 12 nitrogen and oxygen atoms in total. The third-order valence-corrected chi connectivity index (χ3v) is 8.61. The molecule has 15 heteroatoms. The monoisotopic (exact) mass is 627 g/mol. The van der Waals surface area contributed by atoms with E-state index in [1.165, 1.54) is 17.1 Å². The van der Waals surface area contributed by atoms with E-state index in [0.717, 1.165) is 27.4 Å². The molecule has 4 N–H and O–H groups in total. The van der Waals surface area contributed by atoms with E-state index in [2.05, 4.69) is 15.5 Å². The predicted molar refractivity (Wildman–Crippen MR) is 155 cm³/mol. The Bertz CT molecular complexity index is 1540. The summed E-state index contributed by atoms with van der Waals surface area (Å²) in [6.07, 6.45) is -0.701. The number of nitrogens with one attached hydrogen (secondary N) is 1. The molecular formula is C27H22ClN5O7S2. The number of anilines is 1. The number of halogens is 1. The van der Waals surface area contributed by atoms with Crippen LogP contribution >= 0.6 is 34.7 Å². The Labute approximate surface area is 252 Å². The van der Waals surface area contributed by atoms with Crippen LogP contribution in [0.2, 0.25) is 0 Å². The number of nitrogens with two attached hydrogens (primary N) is 1. The fourth-order valence-corrected chi connectivity index (χ4v) is 6.39. The van der Waals surface area contributed by atoms with Gasteiger partial charge in [0.1, 0.15) is 22.8 Å². The number of carbonyl (C=O) groups excluding carboxylic acids is 3. The summed E-state index contributed by atoms with van der Waals surface area (Å²) < 4.78 is 5.69. The molecule has 1 unspecified atom stereocenters. The number of rotatable bonds is 10. The second-order valence-electron chi connectivity index (χ2n) is 8.90. The number of benzene rings is 2. The quantitative estimate of drug-likeness (QED) is 0.131. The lowest BCUT2D eigenvalue weighted by atomic mass is 10.0. The van der Waals surface area contributed by atoms with E-state index in [1.54, 1.807) is 0 Å². The number of amides is 2. The number of aromatic nitrogens is 1. The lowest BCUT2D eigenvalue weighted by molar-refractivity contribution is -0.153. The van der Waals surface area contributed by atoms with Gasteiger partial charge in [-0.2, -0.15) is 0 Å². The minimum Gasteiger partial charge on any atom is -0.477 e. The summed E-state index contributed by atoms with van der Waals surface area (Å²) in [4.78, 5) is 60.7. The third-order valence-electron chi connectivity index (χ3n) is 6.18. The number of hydrogen-bond acceptors (Lipinski definition) is 11. The lowest BCUT2D eigenvalue weighted by Crippen LogP contribution is -2.71. The molecule has 2 aliphatic rings. The van der Waals surface area contributed by atoms with Crippen molar-refractivity contribution in [1.82, 2.24) is 15.2 Å². The largest absolute Gasteiger partial charge is 0.477 e.